The van der Waals surface area contributed by atoms with Crippen LogP contribution in [-0.2, 0) is 26.2 Å². The Morgan fingerprint density at radius 2 is 1.70 bits per heavy atom. The maximum Gasteiger partial charge on any atom is 0.327 e. The van der Waals surface area contributed by atoms with Gasteiger partial charge in [-0.15, -0.1) is 0 Å². The van der Waals surface area contributed by atoms with E-state index in [4.69, 9.17) is 9.47 Å². The van der Waals surface area contributed by atoms with Crippen molar-refractivity contribution >= 4 is 35.6 Å². The van der Waals surface area contributed by atoms with Crippen LogP contribution in [0.4, 0.5) is 5.69 Å². The van der Waals surface area contributed by atoms with Gasteiger partial charge in [0, 0.05) is 41.8 Å². The number of nitrogens with zero attached hydrogens (tertiary/aromatic N) is 3. The molecule has 0 bridgehead atoms. The lowest BCUT2D eigenvalue weighted by molar-refractivity contribution is -0.277. The minimum absolute atomic E-state index is 0.0339. The second-order valence-electron chi connectivity index (χ2n) is 14.9. The Balaban J connectivity index is 1.29. The van der Waals surface area contributed by atoms with E-state index in [0.29, 0.717) is 53.9 Å². The molecule has 0 spiro atoms. The number of ether oxygens (including phenoxy) is 2. The highest BCUT2D eigenvalue weighted by Crippen LogP contribution is 2.55. The number of phenols is 3. The molecule has 56 heavy (non-hydrogen) atoms. The third-order valence-corrected chi connectivity index (χ3v) is 11.4. The fourth-order valence-corrected chi connectivity index (χ4v) is 8.59. The first-order chi connectivity index (χ1) is 26.9. The van der Waals surface area contributed by atoms with Gasteiger partial charge < -0.3 is 50.3 Å². The summed E-state index contributed by atoms with van der Waals surface area (Å²) in [4.78, 5) is 37.2. The van der Waals surface area contributed by atoms with Gasteiger partial charge in [0.1, 0.15) is 48.6 Å². The number of hydrogen-bond donors (Lipinski definition) is 8. The zero-order valence-corrected chi connectivity index (χ0v) is 30.4. The van der Waals surface area contributed by atoms with E-state index in [1.54, 1.807) is 30.5 Å². The molecule has 1 saturated heterocycles. The number of amides is 1. The third-order valence-electron chi connectivity index (χ3n) is 11.4. The number of hydrogen-bond acceptors (Lipinski definition) is 13. The zero-order valence-electron chi connectivity index (χ0n) is 30.4. The number of aliphatic hydroxyl groups excluding tert-OH is 4. The van der Waals surface area contributed by atoms with E-state index >= 15 is 0 Å². The van der Waals surface area contributed by atoms with Gasteiger partial charge in [0.15, 0.2) is 11.5 Å². The first-order valence-corrected chi connectivity index (χ1v) is 18.6. The zero-order chi connectivity index (χ0) is 39.7. The highest BCUT2D eigenvalue weighted by Gasteiger charge is 2.51. The Morgan fingerprint density at radius 3 is 2.39 bits per heavy atom. The topological polar surface area (TPSA) is 242 Å². The molecule has 15 nitrogen and oxygen atoms in total. The molecule has 2 fully saturated rings. The maximum atomic E-state index is 14.4. The predicted octanol–water partition coefficient (Wildman–Crippen LogP) is 2.90. The van der Waals surface area contributed by atoms with Crippen LogP contribution in [0.5, 0.6) is 23.0 Å². The lowest BCUT2D eigenvalue weighted by atomic mass is 9.63. The summed E-state index contributed by atoms with van der Waals surface area (Å²) in [6.45, 7) is -0.407. The van der Waals surface area contributed by atoms with Crippen LogP contribution in [0, 0.1) is 0 Å². The van der Waals surface area contributed by atoms with E-state index in [9.17, 15) is 50.4 Å². The van der Waals surface area contributed by atoms with Crippen molar-refractivity contribution in [3.8, 4) is 23.0 Å². The number of phenolic OH excluding ortho intramolecular Hbond substituents is 3. The number of carbonyl (C=O) groups is 2. The molecule has 1 amide bonds. The quantitative estimate of drug-likeness (QED) is 0.131. The molecule has 4 aliphatic rings. The van der Waals surface area contributed by atoms with Gasteiger partial charge in [-0.05, 0) is 66.1 Å². The summed E-state index contributed by atoms with van der Waals surface area (Å²) in [6.07, 6.45) is 0.591. The fourth-order valence-electron chi connectivity index (χ4n) is 8.59. The van der Waals surface area contributed by atoms with Gasteiger partial charge in [-0.2, -0.15) is 0 Å². The lowest BCUT2D eigenvalue weighted by Crippen LogP contribution is -2.60. The van der Waals surface area contributed by atoms with Crippen LogP contribution in [0.2, 0.25) is 0 Å². The fraction of sp³-hybridized carbons (Fsp3) is 0.415. The molecule has 7 atom stereocenters. The third kappa shape index (κ3) is 7.47. The van der Waals surface area contributed by atoms with E-state index in [1.807, 2.05) is 12.1 Å². The largest absolute Gasteiger partial charge is 0.508 e. The van der Waals surface area contributed by atoms with Crippen LogP contribution < -0.4 is 9.64 Å². The molecule has 0 unspecified atom stereocenters. The van der Waals surface area contributed by atoms with Crippen LogP contribution in [0.25, 0.3) is 6.08 Å². The number of carboxylic acid groups (broad SMARTS) is 1. The van der Waals surface area contributed by atoms with E-state index in [1.165, 1.54) is 30.4 Å². The number of rotatable bonds is 11. The van der Waals surface area contributed by atoms with Crippen molar-refractivity contribution in [2.24, 2.45) is 9.98 Å². The highest BCUT2D eigenvalue weighted by molar-refractivity contribution is 6.32. The highest BCUT2D eigenvalue weighted by atomic mass is 16.7. The van der Waals surface area contributed by atoms with Gasteiger partial charge in [-0.1, -0.05) is 43.5 Å². The number of benzene rings is 3. The van der Waals surface area contributed by atoms with E-state index < -0.39 is 72.3 Å². The van der Waals surface area contributed by atoms with E-state index in [-0.39, 0.29) is 29.4 Å². The lowest BCUT2D eigenvalue weighted by Gasteiger charge is -2.41. The summed E-state index contributed by atoms with van der Waals surface area (Å²) in [6, 6.07) is 12.9. The summed E-state index contributed by atoms with van der Waals surface area (Å²) in [5.41, 5.74) is 2.24. The second kappa shape index (κ2) is 16.0. The summed E-state index contributed by atoms with van der Waals surface area (Å²) in [5.74, 6) is -3.58. The summed E-state index contributed by atoms with van der Waals surface area (Å²) in [5, 5.41) is 84.8. The van der Waals surface area contributed by atoms with Crippen molar-refractivity contribution in [1.29, 1.82) is 0 Å². The van der Waals surface area contributed by atoms with Crippen LogP contribution in [0.15, 0.2) is 70.7 Å². The number of para-hydroxylation sites is 1. The van der Waals surface area contributed by atoms with Gasteiger partial charge in [0.2, 0.25) is 6.29 Å². The number of carbonyl (C=O) groups excluding carboxylic acids is 1. The molecule has 3 aromatic rings. The molecule has 15 heteroatoms. The molecular formula is C41H45N3O12. The Hall–Kier alpha value is -5.32. The van der Waals surface area contributed by atoms with Gasteiger partial charge in [-0.3, -0.25) is 19.7 Å². The molecule has 0 aromatic heterocycles. The molecule has 0 radical (unpaired) electrons. The number of aromatic hydroxyl groups is 3. The van der Waals surface area contributed by atoms with Crippen molar-refractivity contribution in [3.05, 3.63) is 82.9 Å². The number of aliphatic hydroxyl groups is 4. The standard InChI is InChI=1S/C41H45N3O12/c45-20-33-36(50)37(51)38(52)40(56-33)55-32-17-28-25(16-31(32)48)26(18-41(12-4-1-5-13-41)27-6-2-3-7-30(27)47)35(39(53)54)44(28)34(49)11-9-22-8-10-29(46)23(14-22)15-24-19-42-21-43-24/h2-3,6-11,14,16-17,19,26,33,35-38,40,45-48,50-52H,1,4-5,12-13,15,18,20-21H2,(H,53,54)/b11-9+/t26-,33-,35-,36-,37+,38-,40-/m1/s1. The van der Waals surface area contributed by atoms with Gasteiger partial charge in [0.25, 0.3) is 5.91 Å². The minimum Gasteiger partial charge on any atom is -0.508 e. The van der Waals surface area contributed by atoms with Crippen LogP contribution >= 0.6 is 0 Å². The Kier molecular flexibility index (Phi) is 11.2. The van der Waals surface area contributed by atoms with Crippen molar-refractivity contribution in [2.75, 3.05) is 18.2 Å². The van der Waals surface area contributed by atoms with Crippen molar-refractivity contribution in [3.63, 3.8) is 0 Å². The second-order valence-corrected chi connectivity index (χ2v) is 14.9. The Morgan fingerprint density at radius 1 is 0.929 bits per heavy atom. The molecule has 1 aliphatic carbocycles. The summed E-state index contributed by atoms with van der Waals surface area (Å²) >= 11 is 0. The van der Waals surface area contributed by atoms with Crippen molar-refractivity contribution < 1.29 is 59.9 Å². The number of anilines is 1. The molecule has 3 heterocycles. The molecule has 296 valence electrons. The summed E-state index contributed by atoms with van der Waals surface area (Å²) in [7, 11) is 0. The molecule has 8 N–H and O–H groups in total. The average molecular weight is 772 g/mol. The monoisotopic (exact) mass is 771 g/mol. The van der Waals surface area contributed by atoms with E-state index in [2.05, 4.69) is 9.98 Å². The Bertz CT molecular complexity index is 2060. The average Bonchev–Trinajstić information content (AvgIpc) is 3.81. The minimum atomic E-state index is -1.81. The molecule has 1 saturated carbocycles. The van der Waals surface area contributed by atoms with Gasteiger partial charge in [0.05, 0.1) is 18.0 Å². The van der Waals surface area contributed by atoms with Gasteiger partial charge in [-0.25, -0.2) is 4.79 Å². The van der Waals surface area contributed by atoms with Crippen molar-refractivity contribution in [2.45, 2.75) is 93.0 Å². The first kappa shape index (κ1) is 38.9. The molecule has 3 aliphatic heterocycles. The number of fused-ring (bicyclic) bond motifs is 1. The SMILES string of the molecule is O=C(O)[C@H]1[C@H](CC2(c3ccccc3O)CCCCC2)c2cc(O)c(O[C@@H]3O[C@H](CO)[C@@H](O)[C@H](O)[C@H]3O)cc2N1C(=O)/C=C/c1ccc(O)c(CC2=NCN=C2)c1. The van der Waals surface area contributed by atoms with Crippen LogP contribution in [-0.4, -0.2) is 115 Å². The van der Waals surface area contributed by atoms with Crippen LogP contribution in [0.1, 0.15) is 66.7 Å². The Labute approximate surface area is 322 Å². The van der Waals surface area contributed by atoms with E-state index in [0.717, 1.165) is 24.2 Å². The normalized spacial score (nSPS) is 27.0. The first-order valence-electron chi connectivity index (χ1n) is 18.6. The van der Waals surface area contributed by atoms with Crippen LogP contribution in [0.3, 0.4) is 0 Å². The smallest absolute Gasteiger partial charge is 0.327 e. The number of aliphatic carboxylic acids is 1. The number of carboxylic acids is 1. The molecule has 3 aromatic carbocycles. The predicted molar refractivity (Wildman–Crippen MR) is 203 cm³/mol. The summed E-state index contributed by atoms with van der Waals surface area (Å²) < 4.78 is 11.3. The number of aliphatic imine (C=N–C) groups is 2. The maximum absolute atomic E-state index is 14.4. The molecular weight excluding hydrogens is 726 g/mol. The molecule has 7 rings (SSSR count). The van der Waals surface area contributed by atoms with Crippen molar-refractivity contribution in [1.82, 2.24) is 0 Å². The van der Waals surface area contributed by atoms with Gasteiger partial charge >= 0.3 is 5.97 Å².